The summed E-state index contributed by atoms with van der Waals surface area (Å²) in [4.78, 5) is 32.7. The highest BCUT2D eigenvalue weighted by molar-refractivity contribution is 7.07. The van der Waals surface area contributed by atoms with Crippen LogP contribution in [-0.2, 0) is 16.1 Å². The molecule has 8 nitrogen and oxygen atoms in total. The lowest BCUT2D eigenvalue weighted by molar-refractivity contribution is -0.139. The first-order chi connectivity index (χ1) is 20.2. The highest BCUT2D eigenvalue weighted by Gasteiger charge is 2.34. The number of hydrogen-bond acceptors (Lipinski definition) is 7. The molecule has 1 atom stereocenters. The van der Waals surface area contributed by atoms with Crippen molar-refractivity contribution >= 4 is 34.3 Å². The summed E-state index contributed by atoms with van der Waals surface area (Å²) >= 11 is 1.30. The summed E-state index contributed by atoms with van der Waals surface area (Å²) in [6, 6.07) is 12.8. The fourth-order valence-corrected chi connectivity index (χ4v) is 6.48. The van der Waals surface area contributed by atoms with Gasteiger partial charge in [-0.2, -0.15) is 0 Å². The van der Waals surface area contributed by atoms with E-state index in [9.17, 15) is 9.59 Å². The van der Waals surface area contributed by atoms with Crippen molar-refractivity contribution in [2.45, 2.75) is 53.3 Å². The van der Waals surface area contributed by atoms with Gasteiger partial charge >= 0.3 is 5.97 Å². The van der Waals surface area contributed by atoms with Gasteiger partial charge in [-0.25, -0.2) is 9.79 Å². The number of allylic oxidation sites excluding steroid dienone is 2. The van der Waals surface area contributed by atoms with E-state index in [2.05, 4.69) is 23.3 Å². The minimum Gasteiger partial charge on any atom is -0.493 e. The van der Waals surface area contributed by atoms with Gasteiger partial charge in [0.15, 0.2) is 16.3 Å². The molecule has 0 unspecified atom stereocenters. The number of ether oxygens (including phenoxy) is 3. The quantitative estimate of drug-likeness (QED) is 0.203. The molecule has 1 aliphatic rings. The van der Waals surface area contributed by atoms with Gasteiger partial charge < -0.3 is 18.8 Å². The minimum atomic E-state index is -0.757. The molecular weight excluding hydrogens is 550 g/mol. The first-order valence-corrected chi connectivity index (χ1v) is 14.7. The predicted octanol–water partition coefficient (Wildman–Crippen LogP) is 5.04. The maximum atomic E-state index is 14.2. The Hall–Kier alpha value is -4.37. The van der Waals surface area contributed by atoms with Crippen molar-refractivity contribution in [3.05, 3.63) is 103 Å². The zero-order valence-corrected chi connectivity index (χ0v) is 25.6. The molecule has 0 amide bonds. The molecule has 0 fully saturated rings. The number of hydrogen-bond donors (Lipinski definition) is 0. The zero-order chi connectivity index (χ0) is 30.1. The van der Waals surface area contributed by atoms with Crippen LogP contribution in [0.15, 0.2) is 76.2 Å². The number of fused-ring (bicyclic) bond motifs is 2. The van der Waals surface area contributed by atoms with Gasteiger partial charge in [0.2, 0.25) is 0 Å². The normalized spacial score (nSPS) is 15.1. The zero-order valence-electron chi connectivity index (χ0n) is 24.8. The Bertz CT molecular complexity index is 1910. The number of aromatic nitrogens is 2. The molecule has 1 aliphatic heterocycles. The number of carbonyl (C=O) groups is 1. The van der Waals surface area contributed by atoms with Crippen molar-refractivity contribution < 1.29 is 19.0 Å². The molecule has 0 spiro atoms. The van der Waals surface area contributed by atoms with E-state index in [1.165, 1.54) is 11.3 Å². The molecular formula is C33H35N3O5S. The number of benzene rings is 2. The van der Waals surface area contributed by atoms with Crippen LogP contribution in [0.4, 0.5) is 0 Å². The Morgan fingerprint density at radius 2 is 1.93 bits per heavy atom. The van der Waals surface area contributed by atoms with E-state index in [0.717, 1.165) is 22.2 Å². The van der Waals surface area contributed by atoms with Crippen molar-refractivity contribution in [1.82, 2.24) is 9.13 Å². The SMILES string of the molecule is C=CCn1c(C)c(/C=c2\sc3n(c2=O)[C@@H](c2ccc(OC(C)C)c(OC)c2)C(C(=O)OCC)=C(C)N=3)c2ccccc21. The van der Waals surface area contributed by atoms with Crippen LogP contribution in [0.1, 0.15) is 50.6 Å². The third-order valence-corrected chi connectivity index (χ3v) is 8.23. The van der Waals surface area contributed by atoms with Crippen LogP contribution in [-0.4, -0.2) is 34.9 Å². The van der Waals surface area contributed by atoms with Gasteiger partial charge in [0, 0.05) is 28.7 Å². The summed E-state index contributed by atoms with van der Waals surface area (Å²) in [5, 5.41) is 1.05. The molecule has 0 saturated heterocycles. The fraction of sp³-hybridized carbons (Fsp3) is 0.303. The monoisotopic (exact) mass is 585 g/mol. The molecule has 3 heterocycles. The average Bonchev–Trinajstić information content (AvgIpc) is 3.41. The van der Waals surface area contributed by atoms with E-state index in [-0.39, 0.29) is 18.3 Å². The van der Waals surface area contributed by atoms with Gasteiger partial charge in [-0.3, -0.25) is 9.36 Å². The van der Waals surface area contributed by atoms with Crippen molar-refractivity contribution in [2.24, 2.45) is 4.99 Å². The first-order valence-electron chi connectivity index (χ1n) is 13.9. The van der Waals surface area contributed by atoms with Crippen LogP contribution >= 0.6 is 11.3 Å². The van der Waals surface area contributed by atoms with Crippen LogP contribution in [0.25, 0.3) is 17.0 Å². The van der Waals surface area contributed by atoms with E-state index in [4.69, 9.17) is 19.2 Å². The average molecular weight is 586 g/mol. The number of methoxy groups -OCH3 is 1. The van der Waals surface area contributed by atoms with Crippen LogP contribution in [0.5, 0.6) is 11.5 Å². The maximum absolute atomic E-state index is 14.2. The molecule has 0 N–H and O–H groups in total. The van der Waals surface area contributed by atoms with E-state index in [1.54, 1.807) is 31.6 Å². The number of para-hydroxylation sites is 1. The van der Waals surface area contributed by atoms with Crippen molar-refractivity contribution in [3.8, 4) is 11.5 Å². The lowest BCUT2D eigenvalue weighted by Gasteiger charge is -2.25. The molecule has 42 heavy (non-hydrogen) atoms. The van der Waals surface area contributed by atoms with Gasteiger partial charge in [-0.05, 0) is 64.5 Å². The highest BCUT2D eigenvalue weighted by Crippen LogP contribution is 2.36. The van der Waals surface area contributed by atoms with Gasteiger partial charge in [0.05, 0.1) is 41.7 Å². The molecule has 0 saturated carbocycles. The molecule has 2 aromatic carbocycles. The molecule has 0 bridgehead atoms. The van der Waals surface area contributed by atoms with E-state index < -0.39 is 12.0 Å². The topological polar surface area (TPSA) is 84.0 Å². The Morgan fingerprint density at radius 3 is 2.62 bits per heavy atom. The van der Waals surface area contributed by atoms with Crippen molar-refractivity contribution in [1.29, 1.82) is 0 Å². The van der Waals surface area contributed by atoms with Gasteiger partial charge in [-0.15, -0.1) is 6.58 Å². The highest BCUT2D eigenvalue weighted by atomic mass is 32.1. The Morgan fingerprint density at radius 1 is 1.17 bits per heavy atom. The van der Waals surface area contributed by atoms with Crippen molar-refractivity contribution in [3.63, 3.8) is 0 Å². The van der Waals surface area contributed by atoms with E-state index in [0.29, 0.717) is 44.2 Å². The third-order valence-electron chi connectivity index (χ3n) is 7.25. The number of rotatable bonds is 9. The third kappa shape index (κ3) is 5.09. The van der Waals surface area contributed by atoms with Gasteiger partial charge in [-0.1, -0.05) is 41.7 Å². The second-order valence-electron chi connectivity index (χ2n) is 10.3. The molecule has 218 valence electrons. The number of carbonyl (C=O) groups excluding carboxylic acids is 1. The molecule has 4 aromatic rings. The Balaban J connectivity index is 1.75. The number of thiazole rings is 1. The Kier molecular flexibility index (Phi) is 8.22. The van der Waals surface area contributed by atoms with Crippen LogP contribution < -0.4 is 24.4 Å². The predicted molar refractivity (Wildman–Crippen MR) is 166 cm³/mol. The molecule has 0 radical (unpaired) electrons. The lowest BCUT2D eigenvalue weighted by Crippen LogP contribution is -2.40. The Labute approximate surface area is 248 Å². The summed E-state index contributed by atoms with van der Waals surface area (Å²) in [6.45, 7) is 14.2. The number of esters is 1. The molecule has 5 rings (SSSR count). The fourth-order valence-electron chi connectivity index (χ4n) is 5.45. The van der Waals surface area contributed by atoms with E-state index in [1.807, 2.05) is 57.2 Å². The summed E-state index contributed by atoms with van der Waals surface area (Å²) in [5.74, 6) is 0.572. The van der Waals surface area contributed by atoms with E-state index >= 15 is 0 Å². The lowest BCUT2D eigenvalue weighted by atomic mass is 9.95. The molecule has 2 aromatic heterocycles. The van der Waals surface area contributed by atoms with Crippen LogP contribution in [0, 0.1) is 6.92 Å². The number of nitrogens with zero attached hydrogens (tertiary/aromatic N) is 3. The summed E-state index contributed by atoms with van der Waals surface area (Å²) in [7, 11) is 1.57. The smallest absolute Gasteiger partial charge is 0.338 e. The van der Waals surface area contributed by atoms with Crippen LogP contribution in [0.2, 0.25) is 0 Å². The van der Waals surface area contributed by atoms with Gasteiger partial charge in [0.1, 0.15) is 0 Å². The summed E-state index contributed by atoms with van der Waals surface area (Å²) in [5.41, 5.74) is 4.34. The second kappa shape index (κ2) is 11.9. The van der Waals surface area contributed by atoms with Gasteiger partial charge in [0.25, 0.3) is 5.56 Å². The van der Waals surface area contributed by atoms with Crippen LogP contribution in [0.3, 0.4) is 0 Å². The summed E-state index contributed by atoms with van der Waals surface area (Å²) in [6.07, 6.45) is 3.74. The van der Waals surface area contributed by atoms with Crippen molar-refractivity contribution in [2.75, 3.05) is 13.7 Å². The molecule has 9 heteroatoms. The standard InChI is InChI=1S/C33H35N3O5S/c1-8-16-35-21(6)24(23-12-10-11-13-25(23)35)18-28-31(37)36-30(22-14-15-26(41-19(3)4)27(17-22)39-7)29(32(38)40-9-2)20(5)34-33(36)42-28/h8,10-15,17-19,30H,1,9,16H2,2-7H3/b28-18-/t30-/m0/s1. The summed E-state index contributed by atoms with van der Waals surface area (Å²) < 4.78 is 21.3. The first kappa shape index (κ1) is 29.1. The largest absolute Gasteiger partial charge is 0.493 e. The minimum absolute atomic E-state index is 0.0551. The second-order valence-corrected chi connectivity index (χ2v) is 11.3. The molecule has 0 aliphatic carbocycles. The maximum Gasteiger partial charge on any atom is 0.338 e.